The van der Waals surface area contributed by atoms with Crippen LogP contribution in [0.5, 0.6) is 0 Å². The molecule has 2 rings (SSSR count). The lowest BCUT2D eigenvalue weighted by atomic mass is 9.94. The summed E-state index contributed by atoms with van der Waals surface area (Å²) in [5.41, 5.74) is 11.8. The van der Waals surface area contributed by atoms with Gasteiger partial charge in [0.15, 0.2) is 0 Å². The van der Waals surface area contributed by atoms with Crippen LogP contribution in [0.3, 0.4) is 0 Å². The molecule has 1 heterocycles. The second-order valence-corrected chi connectivity index (χ2v) is 5.75. The lowest BCUT2D eigenvalue weighted by Gasteiger charge is -2.29. The maximum Gasteiger partial charge on any atom is 0.0594 e. The van der Waals surface area contributed by atoms with E-state index in [0.717, 1.165) is 39.3 Å². The van der Waals surface area contributed by atoms with Gasteiger partial charge in [-0.1, -0.05) is 17.7 Å². The maximum absolute atomic E-state index is 6.33. The first-order chi connectivity index (χ1) is 9.06. The van der Waals surface area contributed by atoms with Crippen molar-refractivity contribution in [2.75, 3.05) is 32.8 Å². The van der Waals surface area contributed by atoms with Crippen molar-refractivity contribution in [3.8, 4) is 0 Å². The Labute approximate surface area is 116 Å². The molecule has 19 heavy (non-hydrogen) atoms. The summed E-state index contributed by atoms with van der Waals surface area (Å²) < 4.78 is 5.37. The molecule has 0 amide bonds. The van der Waals surface area contributed by atoms with Crippen molar-refractivity contribution in [3.63, 3.8) is 0 Å². The molecule has 1 atom stereocenters. The van der Waals surface area contributed by atoms with Gasteiger partial charge in [-0.2, -0.15) is 0 Å². The Morgan fingerprint density at radius 2 is 1.74 bits per heavy atom. The van der Waals surface area contributed by atoms with Crippen LogP contribution in [0.25, 0.3) is 0 Å². The van der Waals surface area contributed by atoms with Gasteiger partial charge in [0, 0.05) is 25.7 Å². The quantitative estimate of drug-likeness (QED) is 0.899. The summed E-state index contributed by atoms with van der Waals surface area (Å²) in [7, 11) is 0. The first-order valence-electron chi connectivity index (χ1n) is 7.18. The largest absolute Gasteiger partial charge is 0.379 e. The van der Waals surface area contributed by atoms with E-state index in [9.17, 15) is 0 Å². The fourth-order valence-corrected chi connectivity index (χ4v) is 2.97. The molecule has 0 spiro atoms. The first-order valence-corrected chi connectivity index (χ1v) is 7.18. The predicted molar refractivity (Wildman–Crippen MR) is 79.6 cm³/mol. The second-order valence-electron chi connectivity index (χ2n) is 5.75. The lowest BCUT2D eigenvalue weighted by Crippen LogP contribution is -2.44. The van der Waals surface area contributed by atoms with Crippen molar-refractivity contribution < 1.29 is 4.74 Å². The molecular weight excluding hydrogens is 236 g/mol. The molecule has 0 bridgehead atoms. The Hall–Kier alpha value is -0.900. The second kappa shape index (κ2) is 6.51. The first kappa shape index (κ1) is 14.5. The smallest absolute Gasteiger partial charge is 0.0594 e. The molecule has 1 aliphatic heterocycles. The van der Waals surface area contributed by atoms with Crippen molar-refractivity contribution in [3.05, 3.63) is 34.4 Å². The van der Waals surface area contributed by atoms with Gasteiger partial charge in [0.05, 0.1) is 13.2 Å². The fourth-order valence-electron chi connectivity index (χ4n) is 2.97. The van der Waals surface area contributed by atoms with Crippen molar-refractivity contribution >= 4 is 0 Å². The summed E-state index contributed by atoms with van der Waals surface area (Å²) in [6, 6.07) is 4.71. The molecule has 1 aliphatic rings. The number of ether oxygens (including phenoxy) is 1. The van der Waals surface area contributed by atoms with E-state index in [1.54, 1.807) is 0 Å². The molecule has 1 fully saturated rings. The third kappa shape index (κ3) is 4.03. The zero-order chi connectivity index (χ0) is 13.8. The van der Waals surface area contributed by atoms with E-state index in [0.29, 0.717) is 0 Å². The zero-order valence-electron chi connectivity index (χ0n) is 12.4. The van der Waals surface area contributed by atoms with Crippen LogP contribution < -0.4 is 5.73 Å². The van der Waals surface area contributed by atoms with Crippen LogP contribution in [0.15, 0.2) is 12.1 Å². The van der Waals surface area contributed by atoms with Crippen LogP contribution in [0.2, 0.25) is 0 Å². The monoisotopic (exact) mass is 262 g/mol. The van der Waals surface area contributed by atoms with Gasteiger partial charge >= 0.3 is 0 Å². The van der Waals surface area contributed by atoms with E-state index >= 15 is 0 Å². The summed E-state index contributed by atoms with van der Waals surface area (Å²) in [6.45, 7) is 11.2. The molecule has 3 heteroatoms. The number of nitrogens with zero attached hydrogens (tertiary/aromatic N) is 1. The van der Waals surface area contributed by atoms with Crippen LogP contribution in [0.4, 0.5) is 0 Å². The van der Waals surface area contributed by atoms with Gasteiger partial charge in [-0.15, -0.1) is 0 Å². The Bertz CT molecular complexity index is 402. The normalized spacial score (nSPS) is 18.5. The van der Waals surface area contributed by atoms with Crippen LogP contribution >= 0.6 is 0 Å². The SMILES string of the molecule is Cc1cc(C)c(CC(N)CN2CCOCC2)c(C)c1. The highest BCUT2D eigenvalue weighted by Crippen LogP contribution is 2.18. The third-order valence-electron chi connectivity index (χ3n) is 3.90. The van der Waals surface area contributed by atoms with Gasteiger partial charge in [0.1, 0.15) is 0 Å². The Morgan fingerprint density at radius 1 is 1.16 bits per heavy atom. The summed E-state index contributed by atoms with van der Waals surface area (Å²) >= 11 is 0. The highest BCUT2D eigenvalue weighted by Gasteiger charge is 2.15. The number of rotatable bonds is 4. The van der Waals surface area contributed by atoms with Gasteiger partial charge in [0.25, 0.3) is 0 Å². The average Bonchev–Trinajstić information content (AvgIpc) is 2.35. The number of hydrogen-bond acceptors (Lipinski definition) is 3. The topological polar surface area (TPSA) is 38.5 Å². The van der Waals surface area contributed by atoms with Crippen molar-refractivity contribution in [1.82, 2.24) is 4.90 Å². The third-order valence-corrected chi connectivity index (χ3v) is 3.90. The molecule has 3 nitrogen and oxygen atoms in total. The van der Waals surface area contributed by atoms with Gasteiger partial charge < -0.3 is 10.5 Å². The van der Waals surface area contributed by atoms with Crippen molar-refractivity contribution in [2.45, 2.75) is 33.2 Å². The number of aryl methyl sites for hydroxylation is 3. The number of benzene rings is 1. The Kier molecular flexibility index (Phi) is 4.97. The minimum absolute atomic E-state index is 0.207. The minimum atomic E-state index is 0.207. The number of hydrogen-bond donors (Lipinski definition) is 1. The van der Waals surface area contributed by atoms with E-state index in [2.05, 4.69) is 37.8 Å². The Morgan fingerprint density at radius 3 is 2.32 bits per heavy atom. The standard InChI is InChI=1S/C16H26N2O/c1-12-8-13(2)16(14(3)9-12)10-15(17)11-18-4-6-19-7-5-18/h8-9,15H,4-7,10-11,17H2,1-3H3. The molecule has 1 aromatic rings. The fraction of sp³-hybridized carbons (Fsp3) is 0.625. The molecule has 2 N–H and O–H groups in total. The van der Waals surface area contributed by atoms with Gasteiger partial charge in [-0.05, 0) is 43.9 Å². The Balaban J connectivity index is 1.96. The molecule has 1 unspecified atom stereocenters. The zero-order valence-corrected chi connectivity index (χ0v) is 12.4. The van der Waals surface area contributed by atoms with Crippen LogP contribution in [0, 0.1) is 20.8 Å². The van der Waals surface area contributed by atoms with Crippen molar-refractivity contribution in [2.24, 2.45) is 5.73 Å². The summed E-state index contributed by atoms with van der Waals surface area (Å²) in [4.78, 5) is 2.41. The molecule has 0 aromatic heterocycles. The molecule has 1 saturated heterocycles. The summed E-state index contributed by atoms with van der Waals surface area (Å²) in [6.07, 6.45) is 0.968. The van der Waals surface area contributed by atoms with Gasteiger partial charge in [-0.25, -0.2) is 0 Å². The number of nitrogens with two attached hydrogens (primary N) is 1. The average molecular weight is 262 g/mol. The molecule has 0 saturated carbocycles. The maximum atomic E-state index is 6.33. The van der Waals surface area contributed by atoms with Crippen LogP contribution in [-0.4, -0.2) is 43.8 Å². The molecule has 106 valence electrons. The predicted octanol–water partition coefficient (Wildman–Crippen LogP) is 1.81. The molecule has 1 aromatic carbocycles. The summed E-state index contributed by atoms with van der Waals surface area (Å²) in [5.74, 6) is 0. The van der Waals surface area contributed by atoms with Gasteiger partial charge in [0.2, 0.25) is 0 Å². The van der Waals surface area contributed by atoms with Crippen LogP contribution in [-0.2, 0) is 11.2 Å². The summed E-state index contributed by atoms with van der Waals surface area (Å²) in [5, 5.41) is 0. The lowest BCUT2D eigenvalue weighted by molar-refractivity contribution is 0.0353. The van der Waals surface area contributed by atoms with E-state index in [1.807, 2.05) is 0 Å². The van der Waals surface area contributed by atoms with Crippen molar-refractivity contribution in [1.29, 1.82) is 0 Å². The van der Waals surface area contributed by atoms with E-state index in [-0.39, 0.29) is 6.04 Å². The van der Waals surface area contributed by atoms with E-state index in [4.69, 9.17) is 10.5 Å². The van der Waals surface area contributed by atoms with E-state index < -0.39 is 0 Å². The van der Waals surface area contributed by atoms with E-state index in [1.165, 1.54) is 22.3 Å². The van der Waals surface area contributed by atoms with Gasteiger partial charge in [-0.3, -0.25) is 4.90 Å². The highest BCUT2D eigenvalue weighted by molar-refractivity contribution is 5.38. The molecule has 0 aliphatic carbocycles. The molecular formula is C16H26N2O. The highest BCUT2D eigenvalue weighted by atomic mass is 16.5. The molecule has 0 radical (unpaired) electrons. The van der Waals surface area contributed by atoms with Crippen LogP contribution in [0.1, 0.15) is 22.3 Å². The number of morpholine rings is 1. The minimum Gasteiger partial charge on any atom is -0.379 e.